The highest BCUT2D eigenvalue weighted by Crippen LogP contribution is 2.38. The summed E-state index contributed by atoms with van der Waals surface area (Å²) in [6.07, 6.45) is 0. The molecule has 0 unspecified atom stereocenters. The van der Waals surface area contributed by atoms with Crippen molar-refractivity contribution < 1.29 is 5.11 Å². The number of para-hydroxylation sites is 1. The van der Waals surface area contributed by atoms with Gasteiger partial charge in [-0.1, -0.05) is 91.0 Å². The second-order valence-electron chi connectivity index (χ2n) is 7.09. The van der Waals surface area contributed by atoms with Crippen LogP contribution in [0, 0.1) is 0 Å². The van der Waals surface area contributed by atoms with Crippen molar-refractivity contribution in [3.05, 3.63) is 115 Å². The fourth-order valence-electron chi connectivity index (χ4n) is 3.75. The van der Waals surface area contributed by atoms with Gasteiger partial charge < -0.3 is 5.11 Å². The van der Waals surface area contributed by atoms with Crippen molar-refractivity contribution in [1.82, 2.24) is 9.55 Å². The lowest BCUT2D eigenvalue weighted by Crippen LogP contribution is -2.00. The molecule has 1 N–H and O–H groups in total. The number of phenolic OH excluding ortho intramolecular Hbond substituents is 1. The molecule has 0 aliphatic rings. The Morgan fingerprint density at radius 2 is 1.13 bits per heavy atom. The van der Waals surface area contributed by atoms with Crippen LogP contribution >= 0.6 is 0 Å². The van der Waals surface area contributed by atoms with Crippen LogP contribution in [0.4, 0.5) is 0 Å². The molecule has 144 valence electrons. The van der Waals surface area contributed by atoms with Gasteiger partial charge >= 0.3 is 0 Å². The van der Waals surface area contributed by atoms with E-state index in [2.05, 4.69) is 41.0 Å². The molecular formula is C27H20N2O. The van der Waals surface area contributed by atoms with Crippen LogP contribution in [0.15, 0.2) is 115 Å². The van der Waals surface area contributed by atoms with Crippen molar-refractivity contribution >= 4 is 0 Å². The number of aromatic hydroxyl groups is 1. The third-order valence-corrected chi connectivity index (χ3v) is 5.09. The molecule has 0 radical (unpaired) electrons. The van der Waals surface area contributed by atoms with Crippen LogP contribution in [0.3, 0.4) is 0 Å². The number of phenols is 1. The maximum Gasteiger partial charge on any atom is 0.145 e. The molecule has 3 nitrogen and oxygen atoms in total. The number of imidazole rings is 1. The van der Waals surface area contributed by atoms with Crippen LogP contribution in [-0.2, 0) is 0 Å². The Kier molecular flexibility index (Phi) is 4.62. The van der Waals surface area contributed by atoms with Gasteiger partial charge in [0.1, 0.15) is 11.6 Å². The molecule has 0 atom stereocenters. The van der Waals surface area contributed by atoms with E-state index in [1.54, 1.807) is 12.1 Å². The molecule has 0 saturated carbocycles. The molecule has 5 rings (SSSR count). The van der Waals surface area contributed by atoms with Crippen LogP contribution in [-0.4, -0.2) is 14.7 Å². The fraction of sp³-hybridized carbons (Fsp3) is 0. The van der Waals surface area contributed by atoms with E-state index in [1.807, 2.05) is 66.7 Å². The molecule has 0 fully saturated rings. The lowest BCUT2D eigenvalue weighted by atomic mass is 10.0. The van der Waals surface area contributed by atoms with Gasteiger partial charge in [0, 0.05) is 22.4 Å². The Bertz CT molecular complexity index is 1280. The molecule has 0 saturated heterocycles. The van der Waals surface area contributed by atoms with Crippen molar-refractivity contribution in [3.8, 4) is 45.3 Å². The summed E-state index contributed by atoms with van der Waals surface area (Å²) in [4.78, 5) is 5.10. The number of aromatic nitrogens is 2. The average molecular weight is 388 g/mol. The molecule has 0 spiro atoms. The summed E-state index contributed by atoms with van der Waals surface area (Å²) in [5.41, 5.74) is 5.93. The summed E-state index contributed by atoms with van der Waals surface area (Å²) in [6.45, 7) is 0. The fourth-order valence-corrected chi connectivity index (χ4v) is 3.75. The third-order valence-electron chi connectivity index (χ3n) is 5.09. The van der Waals surface area contributed by atoms with Gasteiger partial charge in [0.05, 0.1) is 11.4 Å². The van der Waals surface area contributed by atoms with E-state index in [0.717, 1.165) is 39.6 Å². The van der Waals surface area contributed by atoms with Crippen LogP contribution in [0.1, 0.15) is 0 Å². The van der Waals surface area contributed by atoms with Crippen LogP contribution < -0.4 is 0 Å². The quantitative estimate of drug-likeness (QED) is 0.378. The van der Waals surface area contributed by atoms with Gasteiger partial charge in [0.2, 0.25) is 0 Å². The first kappa shape index (κ1) is 18.0. The third kappa shape index (κ3) is 3.27. The number of hydrogen-bond donors (Lipinski definition) is 1. The minimum absolute atomic E-state index is 0.220. The molecule has 0 amide bonds. The Morgan fingerprint density at radius 1 is 0.567 bits per heavy atom. The maximum absolute atomic E-state index is 10.1. The molecule has 0 aliphatic heterocycles. The van der Waals surface area contributed by atoms with Gasteiger partial charge in [-0.3, -0.25) is 4.57 Å². The van der Waals surface area contributed by atoms with Crippen molar-refractivity contribution in [3.63, 3.8) is 0 Å². The first-order valence-corrected chi connectivity index (χ1v) is 9.90. The van der Waals surface area contributed by atoms with E-state index in [0.29, 0.717) is 0 Å². The van der Waals surface area contributed by atoms with Gasteiger partial charge in [-0.2, -0.15) is 0 Å². The van der Waals surface area contributed by atoms with Crippen molar-refractivity contribution in [2.24, 2.45) is 0 Å². The summed E-state index contributed by atoms with van der Waals surface area (Å²) < 4.78 is 2.17. The van der Waals surface area contributed by atoms with E-state index in [9.17, 15) is 5.11 Å². The smallest absolute Gasteiger partial charge is 0.145 e. The standard InChI is InChI=1S/C27H20N2O/c30-24-18-10-15-22(19-24)27-28-25(20-11-4-1-5-12-20)26(21-13-6-2-7-14-21)29(27)23-16-8-3-9-17-23/h1-19,30H. The van der Waals surface area contributed by atoms with Gasteiger partial charge in [-0.25, -0.2) is 4.98 Å². The maximum atomic E-state index is 10.1. The summed E-state index contributed by atoms with van der Waals surface area (Å²) in [7, 11) is 0. The minimum Gasteiger partial charge on any atom is -0.508 e. The van der Waals surface area contributed by atoms with Gasteiger partial charge in [-0.15, -0.1) is 0 Å². The Hall–Kier alpha value is -4.11. The molecule has 30 heavy (non-hydrogen) atoms. The summed E-state index contributed by atoms with van der Waals surface area (Å²) in [5, 5.41) is 10.1. The first-order chi connectivity index (χ1) is 14.8. The molecule has 1 aromatic heterocycles. The Labute approximate surface area is 175 Å². The predicted molar refractivity (Wildman–Crippen MR) is 122 cm³/mol. The van der Waals surface area contributed by atoms with Gasteiger partial charge in [0.25, 0.3) is 0 Å². The van der Waals surface area contributed by atoms with E-state index in [1.165, 1.54) is 0 Å². The summed E-state index contributed by atoms with van der Waals surface area (Å²) in [5.74, 6) is 1.01. The largest absolute Gasteiger partial charge is 0.508 e. The molecule has 5 aromatic rings. The molecule has 3 heteroatoms. The second-order valence-corrected chi connectivity index (χ2v) is 7.09. The van der Waals surface area contributed by atoms with Gasteiger partial charge in [-0.05, 0) is 24.3 Å². The van der Waals surface area contributed by atoms with Crippen molar-refractivity contribution in [1.29, 1.82) is 0 Å². The SMILES string of the molecule is Oc1cccc(-c2nc(-c3ccccc3)c(-c3ccccc3)n2-c2ccccc2)c1. The van der Waals surface area contributed by atoms with Crippen molar-refractivity contribution in [2.45, 2.75) is 0 Å². The highest BCUT2D eigenvalue weighted by atomic mass is 16.3. The van der Waals surface area contributed by atoms with Gasteiger partial charge in [0.15, 0.2) is 0 Å². The highest BCUT2D eigenvalue weighted by Gasteiger charge is 2.22. The number of nitrogens with zero attached hydrogens (tertiary/aromatic N) is 2. The van der Waals surface area contributed by atoms with Crippen LogP contribution in [0.25, 0.3) is 39.6 Å². The zero-order valence-electron chi connectivity index (χ0n) is 16.3. The average Bonchev–Trinajstić information content (AvgIpc) is 3.22. The Morgan fingerprint density at radius 3 is 1.77 bits per heavy atom. The monoisotopic (exact) mass is 388 g/mol. The Balaban J connectivity index is 1.89. The second kappa shape index (κ2) is 7.72. The molecule has 1 heterocycles. The molecule has 4 aromatic carbocycles. The summed E-state index contributed by atoms with van der Waals surface area (Å²) in [6, 6.07) is 38.0. The van der Waals surface area contributed by atoms with Crippen LogP contribution in [0.2, 0.25) is 0 Å². The molecule has 0 bridgehead atoms. The first-order valence-electron chi connectivity index (χ1n) is 9.90. The van der Waals surface area contributed by atoms with E-state index in [-0.39, 0.29) is 5.75 Å². The zero-order valence-corrected chi connectivity index (χ0v) is 16.3. The highest BCUT2D eigenvalue weighted by molar-refractivity contribution is 5.84. The lowest BCUT2D eigenvalue weighted by molar-refractivity contribution is 0.475. The lowest BCUT2D eigenvalue weighted by Gasteiger charge is -2.13. The van der Waals surface area contributed by atoms with E-state index in [4.69, 9.17) is 4.98 Å². The number of hydrogen-bond acceptors (Lipinski definition) is 2. The van der Waals surface area contributed by atoms with Crippen LogP contribution in [0.5, 0.6) is 5.75 Å². The van der Waals surface area contributed by atoms with Crippen molar-refractivity contribution in [2.75, 3.05) is 0 Å². The molecule has 0 aliphatic carbocycles. The number of rotatable bonds is 4. The minimum atomic E-state index is 0.220. The normalized spacial score (nSPS) is 10.8. The molecular weight excluding hydrogens is 368 g/mol. The number of benzene rings is 4. The zero-order chi connectivity index (χ0) is 20.3. The topological polar surface area (TPSA) is 38.1 Å². The predicted octanol–water partition coefficient (Wildman–Crippen LogP) is 6.58. The summed E-state index contributed by atoms with van der Waals surface area (Å²) >= 11 is 0. The van der Waals surface area contributed by atoms with E-state index >= 15 is 0 Å². The van der Waals surface area contributed by atoms with E-state index < -0.39 is 0 Å².